The fraction of sp³-hybridized carbons (Fsp3) is 0. The molecule has 2 N–H and O–H groups in total. The molecule has 32 heavy (non-hydrogen) atoms. The highest BCUT2D eigenvalue weighted by Crippen LogP contribution is 2.29. The Hall–Kier alpha value is -4.79. The summed E-state index contributed by atoms with van der Waals surface area (Å²) in [6.07, 6.45) is 0. The smallest absolute Gasteiger partial charge is 0.322 e. The maximum Gasteiger partial charge on any atom is 0.439 e. The summed E-state index contributed by atoms with van der Waals surface area (Å²) in [4.78, 5) is 52.9. The summed E-state index contributed by atoms with van der Waals surface area (Å²) in [7, 11) is 0. The van der Waals surface area contributed by atoms with E-state index in [2.05, 4.69) is 20.0 Å². The molecule has 156 valence electrons. The van der Waals surface area contributed by atoms with Gasteiger partial charge in [-0.05, 0) is 42.5 Å². The van der Waals surface area contributed by atoms with E-state index in [-0.39, 0.29) is 11.4 Å². The van der Waals surface area contributed by atoms with E-state index in [0.717, 1.165) is 4.90 Å². The number of hydrogen-bond donors (Lipinski definition) is 2. The van der Waals surface area contributed by atoms with E-state index in [1.807, 2.05) is 0 Å². The van der Waals surface area contributed by atoms with E-state index in [9.17, 15) is 19.2 Å². The first kappa shape index (κ1) is 19.2. The van der Waals surface area contributed by atoms with Gasteiger partial charge in [-0.2, -0.15) is 0 Å². The highest BCUT2D eigenvalue weighted by molar-refractivity contribution is 6.34. The molecule has 0 atom stereocenters. The van der Waals surface area contributed by atoms with Crippen molar-refractivity contribution in [3.8, 4) is 11.4 Å². The average molecular weight is 426 g/mol. The van der Waals surface area contributed by atoms with Gasteiger partial charge in [-0.25, -0.2) is 9.69 Å². The Morgan fingerprint density at radius 3 is 2.28 bits per heavy atom. The molecule has 9 heteroatoms. The monoisotopic (exact) mass is 426 g/mol. The zero-order valence-corrected chi connectivity index (χ0v) is 16.4. The number of fused-ring (bicyclic) bond motifs is 1. The van der Waals surface area contributed by atoms with Gasteiger partial charge in [-0.3, -0.25) is 23.9 Å². The van der Waals surface area contributed by atoms with E-state index in [1.54, 1.807) is 66.7 Å². The topological polar surface area (TPSA) is 125 Å². The van der Waals surface area contributed by atoms with Crippen LogP contribution in [0.25, 0.3) is 11.4 Å². The molecule has 0 aliphatic carbocycles. The molecular weight excluding hydrogens is 412 g/mol. The molecule has 3 aromatic carbocycles. The maximum atomic E-state index is 12.8. The molecular formula is C23H14N4O5. The molecule has 0 spiro atoms. The van der Waals surface area contributed by atoms with Crippen LogP contribution in [0.15, 0.2) is 82.1 Å². The quantitative estimate of drug-likeness (QED) is 0.483. The molecule has 4 aromatic rings. The van der Waals surface area contributed by atoms with Crippen LogP contribution in [-0.2, 0) is 0 Å². The summed E-state index contributed by atoms with van der Waals surface area (Å²) >= 11 is 0. The minimum atomic E-state index is -0.681. The van der Waals surface area contributed by atoms with Crippen molar-refractivity contribution in [1.82, 2.24) is 10.1 Å². The number of benzene rings is 3. The van der Waals surface area contributed by atoms with Crippen molar-refractivity contribution >= 4 is 29.1 Å². The number of imide groups is 1. The molecule has 0 bridgehead atoms. The third-order valence-electron chi connectivity index (χ3n) is 4.99. The van der Waals surface area contributed by atoms with Gasteiger partial charge in [0.2, 0.25) is 0 Å². The number of hydrogen-bond acceptors (Lipinski definition) is 6. The van der Waals surface area contributed by atoms with Gasteiger partial charge >= 0.3 is 5.76 Å². The minimum absolute atomic E-state index is 0.235. The zero-order chi connectivity index (χ0) is 22.2. The van der Waals surface area contributed by atoms with Crippen LogP contribution >= 0.6 is 0 Å². The van der Waals surface area contributed by atoms with Crippen LogP contribution in [0.4, 0.5) is 11.4 Å². The molecule has 1 aromatic heterocycles. The van der Waals surface area contributed by atoms with Crippen LogP contribution in [0.5, 0.6) is 0 Å². The summed E-state index contributed by atoms with van der Waals surface area (Å²) in [5, 5.41) is 6.38. The zero-order valence-electron chi connectivity index (χ0n) is 16.4. The Morgan fingerprint density at radius 1 is 0.875 bits per heavy atom. The second-order valence-corrected chi connectivity index (χ2v) is 7.02. The molecule has 1 aliphatic rings. The minimum Gasteiger partial charge on any atom is -0.322 e. The third-order valence-corrected chi connectivity index (χ3v) is 4.99. The lowest BCUT2D eigenvalue weighted by Gasteiger charge is -2.15. The first-order chi connectivity index (χ1) is 15.5. The Bertz CT molecular complexity index is 1420. The van der Waals surface area contributed by atoms with Crippen molar-refractivity contribution in [1.29, 1.82) is 0 Å². The van der Waals surface area contributed by atoms with Crippen LogP contribution in [0.3, 0.4) is 0 Å². The van der Waals surface area contributed by atoms with E-state index >= 15 is 0 Å². The van der Waals surface area contributed by atoms with Gasteiger partial charge in [0.25, 0.3) is 17.7 Å². The first-order valence-corrected chi connectivity index (χ1v) is 9.57. The Kier molecular flexibility index (Phi) is 4.48. The van der Waals surface area contributed by atoms with Gasteiger partial charge in [0.05, 0.1) is 16.8 Å². The van der Waals surface area contributed by atoms with Gasteiger partial charge in [0, 0.05) is 16.8 Å². The number of anilines is 2. The van der Waals surface area contributed by atoms with Crippen LogP contribution in [0.1, 0.15) is 31.1 Å². The normalized spacial score (nSPS) is 12.7. The lowest BCUT2D eigenvalue weighted by atomic mass is 10.1. The molecule has 9 nitrogen and oxygen atoms in total. The van der Waals surface area contributed by atoms with Gasteiger partial charge in [-0.15, -0.1) is 0 Å². The van der Waals surface area contributed by atoms with E-state index in [0.29, 0.717) is 28.1 Å². The summed E-state index contributed by atoms with van der Waals surface area (Å²) in [6, 6.07) is 19.5. The van der Waals surface area contributed by atoms with Crippen molar-refractivity contribution in [2.75, 3.05) is 10.2 Å². The number of H-pyrrole nitrogens is 1. The van der Waals surface area contributed by atoms with Crippen molar-refractivity contribution in [3.05, 3.63) is 100 Å². The standard InChI is InChI=1S/C23H14N4O5/c28-20(24-15-7-3-5-13(11-15)19-25-23(31)32-26-19)14-6-4-8-16(12-14)27-21(29)17-9-1-2-10-18(17)22(27)30/h1-12H,(H,24,28)(H,25,26,31). The fourth-order valence-corrected chi connectivity index (χ4v) is 3.51. The number of nitrogens with zero attached hydrogens (tertiary/aromatic N) is 2. The summed E-state index contributed by atoms with van der Waals surface area (Å²) in [5.41, 5.74) is 2.23. The number of carbonyl (C=O) groups is 3. The molecule has 0 saturated carbocycles. The molecule has 0 unspecified atom stereocenters. The molecule has 5 rings (SSSR count). The average Bonchev–Trinajstić information content (AvgIpc) is 3.35. The van der Waals surface area contributed by atoms with E-state index < -0.39 is 23.5 Å². The fourth-order valence-electron chi connectivity index (χ4n) is 3.51. The second-order valence-electron chi connectivity index (χ2n) is 7.02. The number of rotatable bonds is 4. The summed E-state index contributed by atoms with van der Waals surface area (Å²) in [5.74, 6) is -1.75. The highest BCUT2D eigenvalue weighted by atomic mass is 16.5. The largest absolute Gasteiger partial charge is 0.439 e. The number of aromatic amines is 1. The molecule has 3 amide bonds. The van der Waals surface area contributed by atoms with Gasteiger partial charge < -0.3 is 5.32 Å². The summed E-state index contributed by atoms with van der Waals surface area (Å²) in [6.45, 7) is 0. The number of amides is 3. The van der Waals surface area contributed by atoms with Crippen molar-refractivity contribution in [2.24, 2.45) is 0 Å². The lowest BCUT2D eigenvalue weighted by molar-refractivity contribution is 0.0924. The SMILES string of the molecule is O=C(Nc1cccc(-c2noc(=O)[nH]2)c1)c1cccc(N2C(=O)c3ccccc3C2=O)c1. The van der Waals surface area contributed by atoms with Crippen molar-refractivity contribution in [2.45, 2.75) is 0 Å². The molecule has 1 aliphatic heterocycles. The van der Waals surface area contributed by atoms with Gasteiger partial charge in [0.15, 0.2) is 5.82 Å². The van der Waals surface area contributed by atoms with Crippen LogP contribution < -0.4 is 16.0 Å². The van der Waals surface area contributed by atoms with Gasteiger partial charge in [-0.1, -0.05) is 35.5 Å². The van der Waals surface area contributed by atoms with Crippen LogP contribution in [-0.4, -0.2) is 27.9 Å². The molecule has 0 radical (unpaired) electrons. The third kappa shape index (κ3) is 3.27. The van der Waals surface area contributed by atoms with Crippen molar-refractivity contribution in [3.63, 3.8) is 0 Å². The number of aromatic nitrogens is 2. The second kappa shape index (κ2) is 7.47. The lowest BCUT2D eigenvalue weighted by Crippen LogP contribution is -2.29. The number of nitrogens with one attached hydrogen (secondary N) is 2. The Labute approximate surface area is 180 Å². The van der Waals surface area contributed by atoms with Crippen molar-refractivity contribution < 1.29 is 18.9 Å². The first-order valence-electron chi connectivity index (χ1n) is 9.57. The maximum absolute atomic E-state index is 12.8. The Morgan fingerprint density at radius 2 is 1.59 bits per heavy atom. The number of carbonyl (C=O) groups excluding carboxylic acids is 3. The molecule has 0 saturated heterocycles. The molecule has 0 fully saturated rings. The van der Waals surface area contributed by atoms with Crippen LogP contribution in [0.2, 0.25) is 0 Å². The summed E-state index contributed by atoms with van der Waals surface area (Å²) < 4.78 is 4.50. The van der Waals surface area contributed by atoms with Gasteiger partial charge in [0.1, 0.15) is 0 Å². The Balaban J connectivity index is 1.40. The predicted octanol–water partition coefficient (Wildman–Crippen LogP) is 3.08. The molecule has 2 heterocycles. The highest BCUT2D eigenvalue weighted by Gasteiger charge is 2.36. The van der Waals surface area contributed by atoms with E-state index in [4.69, 9.17) is 0 Å². The van der Waals surface area contributed by atoms with E-state index in [1.165, 1.54) is 6.07 Å². The van der Waals surface area contributed by atoms with Crippen LogP contribution in [0, 0.1) is 0 Å². The predicted molar refractivity (Wildman–Crippen MR) is 115 cm³/mol.